The van der Waals surface area contributed by atoms with Gasteiger partial charge in [0.25, 0.3) is 0 Å². The monoisotopic (exact) mass is 354 g/mol. The van der Waals surface area contributed by atoms with E-state index in [9.17, 15) is 19.5 Å². The average Bonchev–Trinajstić information content (AvgIpc) is 2.52. The molecule has 0 aromatic heterocycles. The SMILES string of the molecule is CC(C)CCCC1CCC(C)(C(=O)N[C@@H](CCC(N)=O)C(=O)O)CC1. The molecule has 0 aromatic carbocycles. The number of amides is 2. The fourth-order valence-corrected chi connectivity index (χ4v) is 3.52. The number of nitrogens with one attached hydrogen (secondary N) is 1. The molecule has 0 heterocycles. The molecule has 144 valence electrons. The first kappa shape index (κ1) is 21.5. The number of hydrogen-bond acceptors (Lipinski definition) is 3. The van der Waals surface area contributed by atoms with Gasteiger partial charge in [0.1, 0.15) is 6.04 Å². The average molecular weight is 354 g/mol. The van der Waals surface area contributed by atoms with Crippen molar-refractivity contribution in [2.45, 2.75) is 84.6 Å². The van der Waals surface area contributed by atoms with E-state index in [0.717, 1.165) is 31.6 Å². The van der Waals surface area contributed by atoms with Gasteiger partial charge in [-0.1, -0.05) is 40.0 Å². The molecule has 0 aliphatic heterocycles. The van der Waals surface area contributed by atoms with Crippen molar-refractivity contribution in [3.63, 3.8) is 0 Å². The zero-order valence-corrected chi connectivity index (χ0v) is 15.8. The van der Waals surface area contributed by atoms with Crippen LogP contribution in [0.1, 0.15) is 78.6 Å². The Morgan fingerprint density at radius 1 is 1.20 bits per heavy atom. The number of hydrogen-bond donors (Lipinski definition) is 3. The van der Waals surface area contributed by atoms with Crippen molar-refractivity contribution < 1.29 is 19.5 Å². The molecule has 6 heteroatoms. The molecule has 6 nitrogen and oxygen atoms in total. The molecule has 4 N–H and O–H groups in total. The van der Waals surface area contributed by atoms with Crippen LogP contribution in [0, 0.1) is 17.3 Å². The number of carboxylic acid groups (broad SMARTS) is 1. The highest BCUT2D eigenvalue weighted by Crippen LogP contribution is 2.40. The maximum absolute atomic E-state index is 12.6. The van der Waals surface area contributed by atoms with Gasteiger partial charge in [0.05, 0.1) is 0 Å². The normalized spacial score (nSPS) is 24.7. The first-order chi connectivity index (χ1) is 11.6. The lowest BCUT2D eigenvalue weighted by atomic mass is 9.70. The van der Waals surface area contributed by atoms with E-state index in [-0.39, 0.29) is 18.7 Å². The lowest BCUT2D eigenvalue weighted by molar-refractivity contribution is -0.144. The lowest BCUT2D eigenvalue weighted by Crippen LogP contribution is -2.49. The van der Waals surface area contributed by atoms with Gasteiger partial charge >= 0.3 is 5.97 Å². The van der Waals surface area contributed by atoms with Gasteiger partial charge in [0, 0.05) is 11.8 Å². The minimum atomic E-state index is -1.12. The van der Waals surface area contributed by atoms with Gasteiger partial charge in [0.2, 0.25) is 11.8 Å². The summed E-state index contributed by atoms with van der Waals surface area (Å²) >= 11 is 0. The molecule has 1 atom stereocenters. The molecule has 1 fully saturated rings. The molecule has 0 aromatic rings. The number of carboxylic acids is 1. The van der Waals surface area contributed by atoms with Crippen LogP contribution >= 0.6 is 0 Å². The van der Waals surface area contributed by atoms with Gasteiger partial charge in [-0.15, -0.1) is 0 Å². The van der Waals surface area contributed by atoms with E-state index in [1.807, 2.05) is 6.92 Å². The van der Waals surface area contributed by atoms with E-state index in [4.69, 9.17) is 5.73 Å². The molecule has 0 radical (unpaired) electrons. The number of aliphatic carboxylic acids is 1. The van der Waals surface area contributed by atoms with Gasteiger partial charge < -0.3 is 16.2 Å². The molecule has 0 saturated heterocycles. The van der Waals surface area contributed by atoms with Crippen LogP contribution in [0.2, 0.25) is 0 Å². The van der Waals surface area contributed by atoms with Gasteiger partial charge in [-0.3, -0.25) is 9.59 Å². The molecule has 0 bridgehead atoms. The molecule has 0 spiro atoms. The van der Waals surface area contributed by atoms with Crippen molar-refractivity contribution in [3.05, 3.63) is 0 Å². The summed E-state index contributed by atoms with van der Waals surface area (Å²) in [6.07, 6.45) is 7.28. The van der Waals surface area contributed by atoms with E-state index in [0.29, 0.717) is 5.92 Å². The molecule has 1 rings (SSSR count). The summed E-state index contributed by atoms with van der Waals surface area (Å²) in [5.74, 6) is -0.503. The molecular formula is C19H34N2O4. The van der Waals surface area contributed by atoms with Crippen LogP contribution in [-0.2, 0) is 14.4 Å². The molecule has 25 heavy (non-hydrogen) atoms. The van der Waals surface area contributed by atoms with Crippen LogP contribution in [0.25, 0.3) is 0 Å². The first-order valence-electron chi connectivity index (χ1n) is 9.46. The Bertz CT molecular complexity index is 468. The van der Waals surface area contributed by atoms with Crippen molar-refractivity contribution in [1.82, 2.24) is 5.32 Å². The largest absolute Gasteiger partial charge is 0.480 e. The molecule has 1 aliphatic rings. The molecule has 1 saturated carbocycles. The van der Waals surface area contributed by atoms with Crippen LogP contribution in [0.5, 0.6) is 0 Å². The van der Waals surface area contributed by atoms with Crippen molar-refractivity contribution in [1.29, 1.82) is 0 Å². The first-order valence-corrected chi connectivity index (χ1v) is 9.46. The van der Waals surface area contributed by atoms with Crippen LogP contribution in [0.3, 0.4) is 0 Å². The second-order valence-corrected chi connectivity index (χ2v) is 8.20. The second kappa shape index (κ2) is 9.78. The highest BCUT2D eigenvalue weighted by molar-refractivity contribution is 5.87. The Morgan fingerprint density at radius 3 is 2.28 bits per heavy atom. The van der Waals surface area contributed by atoms with Crippen molar-refractivity contribution in [3.8, 4) is 0 Å². The van der Waals surface area contributed by atoms with Crippen molar-refractivity contribution in [2.75, 3.05) is 0 Å². The molecule has 0 unspecified atom stereocenters. The standard InChI is InChI=1S/C19H34N2O4/c1-13(2)5-4-6-14-9-11-19(3,12-10-14)18(25)21-15(17(23)24)7-8-16(20)22/h13-15H,4-12H2,1-3H3,(H2,20,22)(H,21,25)(H,23,24)/t14?,15-,19?/m0/s1. The minimum Gasteiger partial charge on any atom is -0.480 e. The lowest BCUT2D eigenvalue weighted by Gasteiger charge is -2.37. The molecule has 1 aliphatic carbocycles. The van der Waals surface area contributed by atoms with E-state index in [1.165, 1.54) is 19.3 Å². The highest BCUT2D eigenvalue weighted by Gasteiger charge is 2.38. The predicted molar refractivity (Wildman–Crippen MR) is 96.7 cm³/mol. The van der Waals surface area contributed by atoms with Crippen LogP contribution in [-0.4, -0.2) is 28.9 Å². The highest BCUT2D eigenvalue weighted by atomic mass is 16.4. The van der Waals surface area contributed by atoms with E-state index in [2.05, 4.69) is 19.2 Å². The van der Waals surface area contributed by atoms with Gasteiger partial charge in [-0.25, -0.2) is 4.79 Å². The predicted octanol–water partition coefficient (Wildman–Crippen LogP) is 2.84. The zero-order valence-electron chi connectivity index (χ0n) is 15.8. The number of primary amides is 1. The van der Waals surface area contributed by atoms with Gasteiger partial charge in [-0.2, -0.15) is 0 Å². The fourth-order valence-electron chi connectivity index (χ4n) is 3.52. The second-order valence-electron chi connectivity index (χ2n) is 8.20. The molecular weight excluding hydrogens is 320 g/mol. The Labute approximate surface area is 150 Å². The summed E-state index contributed by atoms with van der Waals surface area (Å²) in [6, 6.07) is -1.06. The summed E-state index contributed by atoms with van der Waals surface area (Å²) in [4.78, 5) is 34.7. The van der Waals surface area contributed by atoms with Crippen molar-refractivity contribution in [2.24, 2.45) is 23.0 Å². The van der Waals surface area contributed by atoms with E-state index in [1.54, 1.807) is 0 Å². The third kappa shape index (κ3) is 7.45. The third-order valence-corrected chi connectivity index (χ3v) is 5.43. The maximum atomic E-state index is 12.6. The number of rotatable bonds is 10. The maximum Gasteiger partial charge on any atom is 0.326 e. The Kier molecular flexibility index (Phi) is 8.39. The van der Waals surface area contributed by atoms with Crippen LogP contribution < -0.4 is 11.1 Å². The third-order valence-electron chi connectivity index (χ3n) is 5.43. The van der Waals surface area contributed by atoms with Crippen LogP contribution in [0.4, 0.5) is 0 Å². The Hall–Kier alpha value is -1.59. The zero-order chi connectivity index (χ0) is 19.0. The summed E-state index contributed by atoms with van der Waals surface area (Å²) in [6.45, 7) is 6.39. The number of nitrogens with two attached hydrogens (primary N) is 1. The Balaban J connectivity index is 2.49. The number of carbonyl (C=O) groups is 3. The van der Waals surface area contributed by atoms with Crippen LogP contribution in [0.15, 0.2) is 0 Å². The minimum absolute atomic E-state index is 0.0321. The fraction of sp³-hybridized carbons (Fsp3) is 0.842. The molecule has 2 amide bonds. The summed E-state index contributed by atoms with van der Waals surface area (Å²) < 4.78 is 0. The van der Waals surface area contributed by atoms with Crippen molar-refractivity contribution >= 4 is 17.8 Å². The summed E-state index contributed by atoms with van der Waals surface area (Å²) in [5.41, 5.74) is 4.55. The summed E-state index contributed by atoms with van der Waals surface area (Å²) in [7, 11) is 0. The topological polar surface area (TPSA) is 109 Å². The van der Waals surface area contributed by atoms with E-state index < -0.39 is 23.3 Å². The quantitative estimate of drug-likeness (QED) is 0.560. The Morgan fingerprint density at radius 2 is 1.80 bits per heavy atom. The number of carbonyl (C=O) groups excluding carboxylic acids is 2. The van der Waals surface area contributed by atoms with Gasteiger partial charge in [0.15, 0.2) is 0 Å². The van der Waals surface area contributed by atoms with Gasteiger partial charge in [-0.05, 0) is 43.9 Å². The smallest absolute Gasteiger partial charge is 0.326 e. The van der Waals surface area contributed by atoms with E-state index >= 15 is 0 Å². The summed E-state index contributed by atoms with van der Waals surface area (Å²) in [5, 5.41) is 11.8.